The number of imide groups is 1. The molecule has 1 fully saturated rings. The second-order valence-electron chi connectivity index (χ2n) is 7.08. The number of nitrogens with zero attached hydrogens (tertiary/aromatic N) is 1. The van der Waals surface area contributed by atoms with Crippen molar-refractivity contribution in [3.05, 3.63) is 83.2 Å². The van der Waals surface area contributed by atoms with Crippen molar-refractivity contribution in [1.82, 2.24) is 10.2 Å². The highest BCUT2D eigenvalue weighted by Gasteiger charge is 2.34. The summed E-state index contributed by atoms with van der Waals surface area (Å²) < 4.78 is 35.3. The number of carbonyl (C=O) groups excluding carboxylic acids is 3. The number of para-hydroxylation sites is 1. The molecule has 1 aromatic heterocycles. The van der Waals surface area contributed by atoms with Gasteiger partial charge in [-0.25, -0.2) is 14.0 Å². The van der Waals surface area contributed by atoms with Crippen LogP contribution < -0.4 is 14.8 Å². The minimum atomic E-state index is -0.686. The molecule has 0 saturated carbocycles. The molecule has 1 N–H and O–H groups in total. The zero-order chi connectivity index (χ0) is 24.2. The molecular weight excluding hydrogens is 447 g/mol. The third kappa shape index (κ3) is 4.60. The fourth-order valence-corrected chi connectivity index (χ4v) is 3.23. The molecule has 2 aromatic carbocycles. The summed E-state index contributed by atoms with van der Waals surface area (Å²) >= 11 is 0. The predicted molar refractivity (Wildman–Crippen MR) is 117 cm³/mol. The number of benzene rings is 2. The van der Waals surface area contributed by atoms with Crippen molar-refractivity contribution in [3.63, 3.8) is 0 Å². The summed E-state index contributed by atoms with van der Waals surface area (Å²) in [6.07, 6.45) is 1.36. The van der Waals surface area contributed by atoms with E-state index in [1.165, 1.54) is 38.5 Å². The molecule has 1 saturated heterocycles. The molecule has 174 valence electrons. The second-order valence-corrected chi connectivity index (χ2v) is 7.08. The van der Waals surface area contributed by atoms with E-state index in [-0.39, 0.29) is 35.3 Å². The van der Waals surface area contributed by atoms with Crippen molar-refractivity contribution in [2.24, 2.45) is 0 Å². The molecule has 0 unspecified atom stereocenters. The normalized spacial score (nSPS) is 14.3. The molecule has 0 aliphatic carbocycles. The molecule has 0 atom stereocenters. The number of amides is 3. The van der Waals surface area contributed by atoms with Gasteiger partial charge in [0, 0.05) is 11.6 Å². The molecule has 0 spiro atoms. The molecule has 3 amide bonds. The average Bonchev–Trinajstić information content (AvgIpc) is 3.41. The summed E-state index contributed by atoms with van der Waals surface area (Å²) in [7, 11) is 2.56. The number of rotatable bonds is 7. The van der Waals surface area contributed by atoms with E-state index in [2.05, 4.69) is 10.1 Å². The van der Waals surface area contributed by atoms with Crippen LogP contribution in [0.15, 0.2) is 64.7 Å². The van der Waals surface area contributed by atoms with E-state index in [1.54, 1.807) is 30.3 Å². The van der Waals surface area contributed by atoms with E-state index in [1.807, 2.05) is 0 Å². The first kappa shape index (κ1) is 22.6. The number of halogens is 1. The highest BCUT2D eigenvalue weighted by atomic mass is 19.1. The number of hydrogen-bond donors (Lipinski definition) is 1. The Morgan fingerprint density at radius 3 is 2.56 bits per heavy atom. The fraction of sp³-hybridized carbons (Fsp3) is 0.125. The van der Waals surface area contributed by atoms with Gasteiger partial charge in [0.25, 0.3) is 5.91 Å². The lowest BCUT2D eigenvalue weighted by Crippen LogP contribution is -2.30. The molecule has 1 aliphatic rings. The first-order valence-corrected chi connectivity index (χ1v) is 10.0. The van der Waals surface area contributed by atoms with Crippen molar-refractivity contribution < 1.29 is 37.4 Å². The highest BCUT2D eigenvalue weighted by Crippen LogP contribution is 2.33. The maximum absolute atomic E-state index is 14.5. The summed E-state index contributed by atoms with van der Waals surface area (Å²) in [4.78, 5) is 37.7. The van der Waals surface area contributed by atoms with Gasteiger partial charge in [-0.2, -0.15) is 0 Å². The Hall–Kier alpha value is -4.60. The topological polar surface area (TPSA) is 107 Å². The Balaban J connectivity index is 1.59. The van der Waals surface area contributed by atoms with Crippen LogP contribution in [0, 0.1) is 5.82 Å². The molecule has 34 heavy (non-hydrogen) atoms. The first-order valence-electron chi connectivity index (χ1n) is 10.0. The van der Waals surface area contributed by atoms with Gasteiger partial charge in [0.05, 0.1) is 20.8 Å². The number of ether oxygens (including phenoxy) is 3. The summed E-state index contributed by atoms with van der Waals surface area (Å²) in [5.74, 6) is -1.35. The Labute approximate surface area is 193 Å². The van der Waals surface area contributed by atoms with Gasteiger partial charge in [-0.15, -0.1) is 0 Å². The molecule has 9 nitrogen and oxygen atoms in total. The Morgan fingerprint density at radius 1 is 1.09 bits per heavy atom. The van der Waals surface area contributed by atoms with Gasteiger partial charge in [0.15, 0.2) is 11.6 Å². The zero-order valence-corrected chi connectivity index (χ0v) is 18.2. The minimum Gasteiger partial charge on any atom is -0.496 e. The lowest BCUT2D eigenvalue weighted by Gasteiger charge is -2.11. The van der Waals surface area contributed by atoms with Crippen molar-refractivity contribution in [3.8, 4) is 17.2 Å². The van der Waals surface area contributed by atoms with E-state index in [9.17, 15) is 18.8 Å². The molecule has 4 rings (SSSR count). The van der Waals surface area contributed by atoms with Gasteiger partial charge in [-0.1, -0.05) is 18.2 Å². The van der Waals surface area contributed by atoms with Gasteiger partial charge in [-0.3, -0.25) is 9.69 Å². The first-order chi connectivity index (χ1) is 16.4. The number of methoxy groups -OCH3 is 2. The van der Waals surface area contributed by atoms with Crippen LogP contribution in [0.1, 0.15) is 21.9 Å². The molecule has 1 aliphatic heterocycles. The van der Waals surface area contributed by atoms with Gasteiger partial charge in [-0.05, 0) is 36.4 Å². The van der Waals surface area contributed by atoms with E-state index >= 15 is 0 Å². The molecule has 3 aromatic rings. The van der Waals surface area contributed by atoms with Gasteiger partial charge >= 0.3 is 12.0 Å². The third-order valence-electron chi connectivity index (χ3n) is 4.88. The highest BCUT2D eigenvalue weighted by molar-refractivity contribution is 6.14. The third-order valence-corrected chi connectivity index (χ3v) is 4.88. The number of carbonyl (C=O) groups is 3. The van der Waals surface area contributed by atoms with Gasteiger partial charge in [0.2, 0.25) is 5.76 Å². The summed E-state index contributed by atoms with van der Waals surface area (Å²) in [6, 6.07) is 13.3. The Bertz CT molecular complexity index is 1280. The van der Waals surface area contributed by atoms with Crippen LogP contribution in [0.5, 0.6) is 17.2 Å². The maximum Gasteiger partial charge on any atom is 0.373 e. The van der Waals surface area contributed by atoms with Crippen molar-refractivity contribution >= 4 is 24.0 Å². The average molecular weight is 466 g/mol. The van der Waals surface area contributed by atoms with Crippen LogP contribution in [-0.2, 0) is 16.1 Å². The van der Waals surface area contributed by atoms with Crippen molar-refractivity contribution in [2.45, 2.75) is 6.54 Å². The zero-order valence-electron chi connectivity index (χ0n) is 18.2. The van der Waals surface area contributed by atoms with E-state index < -0.39 is 23.7 Å². The number of nitrogens with one attached hydrogen (secondary N) is 1. The van der Waals surface area contributed by atoms with Gasteiger partial charge in [0.1, 0.15) is 23.0 Å². The largest absolute Gasteiger partial charge is 0.496 e. The van der Waals surface area contributed by atoms with Crippen LogP contribution in [0.25, 0.3) is 6.08 Å². The Morgan fingerprint density at radius 2 is 1.85 bits per heavy atom. The van der Waals surface area contributed by atoms with Crippen LogP contribution in [0.3, 0.4) is 0 Å². The van der Waals surface area contributed by atoms with Crippen molar-refractivity contribution in [2.75, 3.05) is 14.2 Å². The van der Waals surface area contributed by atoms with Crippen LogP contribution in [0.2, 0.25) is 0 Å². The number of urea groups is 1. The lowest BCUT2D eigenvalue weighted by atomic mass is 10.1. The number of furan rings is 1. The van der Waals surface area contributed by atoms with Crippen LogP contribution in [0.4, 0.5) is 9.18 Å². The van der Waals surface area contributed by atoms with Gasteiger partial charge < -0.3 is 23.9 Å². The smallest absolute Gasteiger partial charge is 0.373 e. The molecular formula is C24H19FN2O7. The standard InChI is InChI=1S/C24H19FN2O7/c1-31-20-12-17(25)21(33-15-6-4-3-5-7-15)11-14(20)10-18-22(28)27(24(30)26-18)13-16-8-9-19(34-16)23(29)32-2/h3-12H,13H2,1-2H3,(H,26,30)/b18-10-. The number of hydrogen-bond acceptors (Lipinski definition) is 7. The van der Waals surface area contributed by atoms with E-state index in [0.29, 0.717) is 11.3 Å². The maximum atomic E-state index is 14.5. The fourth-order valence-electron chi connectivity index (χ4n) is 3.23. The molecule has 10 heteroatoms. The Kier molecular flexibility index (Phi) is 6.30. The van der Waals surface area contributed by atoms with Crippen LogP contribution >= 0.6 is 0 Å². The molecule has 2 heterocycles. The van der Waals surface area contributed by atoms with Crippen molar-refractivity contribution in [1.29, 1.82) is 0 Å². The second kappa shape index (κ2) is 9.49. The quantitative estimate of drug-likeness (QED) is 0.317. The van der Waals surface area contributed by atoms with E-state index in [0.717, 1.165) is 11.0 Å². The molecule has 0 radical (unpaired) electrons. The monoisotopic (exact) mass is 466 g/mol. The van der Waals surface area contributed by atoms with E-state index in [4.69, 9.17) is 13.9 Å². The SMILES string of the molecule is COC(=O)c1ccc(CN2C(=O)N/C(=C\c3cc(Oc4ccccc4)c(F)cc3OC)C2=O)o1. The summed E-state index contributed by atoms with van der Waals surface area (Å²) in [5.41, 5.74) is 0.256. The minimum absolute atomic E-state index is 0.0534. The predicted octanol–water partition coefficient (Wildman–Crippen LogP) is 4.10. The van der Waals surface area contributed by atoms with Crippen LogP contribution in [-0.4, -0.2) is 37.0 Å². The summed E-state index contributed by atoms with van der Waals surface area (Å²) in [6.45, 7) is -0.206. The number of esters is 1. The molecule has 0 bridgehead atoms. The summed E-state index contributed by atoms with van der Waals surface area (Å²) in [5, 5.41) is 2.47. The lowest BCUT2D eigenvalue weighted by molar-refractivity contribution is -0.123.